The van der Waals surface area contributed by atoms with E-state index in [4.69, 9.17) is 5.73 Å². The Kier molecular flexibility index (Phi) is 4.19. The van der Waals surface area contributed by atoms with E-state index in [2.05, 4.69) is 42.3 Å². The fourth-order valence-electron chi connectivity index (χ4n) is 2.64. The summed E-state index contributed by atoms with van der Waals surface area (Å²) in [6.45, 7) is 3.07. The highest BCUT2D eigenvalue weighted by Gasteiger charge is 2.34. The van der Waals surface area contributed by atoms with Crippen LogP contribution in [0.1, 0.15) is 31.2 Å². The molecular formula is C15H24N2. The van der Waals surface area contributed by atoms with Gasteiger partial charge in [-0.25, -0.2) is 0 Å². The maximum absolute atomic E-state index is 5.89. The Morgan fingerprint density at radius 1 is 1.24 bits per heavy atom. The average molecular weight is 232 g/mol. The molecule has 1 fully saturated rings. The molecule has 2 nitrogen and oxygen atoms in total. The lowest BCUT2D eigenvalue weighted by molar-refractivity contribution is 0.111. The average Bonchev–Trinajstić information content (AvgIpc) is 2.29. The molecule has 1 saturated carbocycles. The van der Waals surface area contributed by atoms with Gasteiger partial charge in [0.05, 0.1) is 0 Å². The van der Waals surface area contributed by atoms with Gasteiger partial charge in [0.15, 0.2) is 0 Å². The second kappa shape index (κ2) is 5.65. The molecule has 94 valence electrons. The maximum atomic E-state index is 5.89. The van der Waals surface area contributed by atoms with E-state index in [-0.39, 0.29) is 0 Å². The number of nitrogens with zero attached hydrogens (tertiary/aromatic N) is 1. The summed E-state index contributed by atoms with van der Waals surface area (Å²) in [6.07, 6.45) is 5.30. The molecule has 0 saturated heterocycles. The Bertz CT molecular complexity index is 325. The number of benzene rings is 1. The largest absolute Gasteiger partial charge is 0.330 e. The van der Waals surface area contributed by atoms with Gasteiger partial charge in [-0.3, -0.25) is 0 Å². The minimum absolute atomic E-state index is 0.477. The summed E-state index contributed by atoms with van der Waals surface area (Å²) < 4.78 is 0. The number of nitrogens with two attached hydrogens (primary N) is 1. The van der Waals surface area contributed by atoms with E-state index in [1.54, 1.807) is 0 Å². The Balaban J connectivity index is 1.76. The summed E-state index contributed by atoms with van der Waals surface area (Å²) in [6, 6.07) is 10.7. The molecule has 0 radical (unpaired) electrons. The highest BCUT2D eigenvalue weighted by atomic mass is 15.1. The first-order chi connectivity index (χ1) is 8.24. The molecule has 0 unspecified atom stereocenters. The summed E-state index contributed by atoms with van der Waals surface area (Å²) in [5, 5.41) is 0. The van der Waals surface area contributed by atoms with Crippen LogP contribution in [0.5, 0.6) is 0 Å². The summed E-state index contributed by atoms with van der Waals surface area (Å²) >= 11 is 0. The van der Waals surface area contributed by atoms with Crippen LogP contribution in [-0.2, 0) is 6.54 Å². The molecular weight excluding hydrogens is 208 g/mol. The van der Waals surface area contributed by atoms with Gasteiger partial charge in [0.25, 0.3) is 0 Å². The topological polar surface area (TPSA) is 29.3 Å². The Hall–Kier alpha value is -0.860. The lowest BCUT2D eigenvalue weighted by Crippen LogP contribution is -2.39. The van der Waals surface area contributed by atoms with Crippen LogP contribution in [0.2, 0.25) is 0 Å². The van der Waals surface area contributed by atoms with E-state index in [1.165, 1.54) is 31.2 Å². The summed E-state index contributed by atoms with van der Waals surface area (Å²) in [7, 11) is 2.20. The standard InChI is InChI=1S/C15H24N2/c1-17(12-14-6-3-2-4-7-14)11-10-15(13-16)8-5-9-15/h2-4,6-7H,5,8-13,16H2,1H3. The monoisotopic (exact) mass is 232 g/mol. The lowest BCUT2D eigenvalue weighted by atomic mass is 9.66. The predicted molar refractivity (Wildman–Crippen MR) is 72.7 cm³/mol. The fourth-order valence-corrected chi connectivity index (χ4v) is 2.64. The van der Waals surface area contributed by atoms with Gasteiger partial charge in [-0.2, -0.15) is 0 Å². The van der Waals surface area contributed by atoms with Gasteiger partial charge in [0, 0.05) is 6.54 Å². The van der Waals surface area contributed by atoms with Gasteiger partial charge in [-0.05, 0) is 50.4 Å². The van der Waals surface area contributed by atoms with Crippen LogP contribution in [0.4, 0.5) is 0 Å². The zero-order chi connectivity index (χ0) is 12.1. The Morgan fingerprint density at radius 2 is 1.94 bits per heavy atom. The van der Waals surface area contributed by atoms with Gasteiger partial charge < -0.3 is 10.6 Å². The molecule has 0 heterocycles. The third-order valence-electron chi connectivity index (χ3n) is 4.17. The molecule has 0 aliphatic heterocycles. The molecule has 2 heteroatoms. The van der Waals surface area contributed by atoms with Crippen LogP contribution in [0.3, 0.4) is 0 Å². The molecule has 0 bridgehead atoms. The molecule has 17 heavy (non-hydrogen) atoms. The zero-order valence-corrected chi connectivity index (χ0v) is 10.9. The van der Waals surface area contributed by atoms with Crippen molar-refractivity contribution in [1.82, 2.24) is 4.90 Å². The van der Waals surface area contributed by atoms with Crippen molar-refractivity contribution in [3.63, 3.8) is 0 Å². The van der Waals surface area contributed by atoms with Gasteiger partial charge in [0.1, 0.15) is 0 Å². The molecule has 2 N–H and O–H groups in total. The smallest absolute Gasteiger partial charge is 0.0230 e. The van der Waals surface area contributed by atoms with Crippen LogP contribution in [0, 0.1) is 5.41 Å². The molecule has 1 aliphatic rings. The maximum Gasteiger partial charge on any atom is 0.0230 e. The van der Waals surface area contributed by atoms with Crippen LogP contribution < -0.4 is 5.73 Å². The quantitative estimate of drug-likeness (QED) is 0.817. The first kappa shape index (κ1) is 12.6. The van der Waals surface area contributed by atoms with Crippen molar-refractivity contribution in [3.05, 3.63) is 35.9 Å². The predicted octanol–water partition coefficient (Wildman–Crippen LogP) is 2.64. The SMILES string of the molecule is CN(CCC1(CN)CCC1)Cc1ccccc1. The Labute approximate surface area is 105 Å². The molecule has 0 spiro atoms. The number of rotatable bonds is 6. The first-order valence-corrected chi connectivity index (χ1v) is 6.67. The second-order valence-electron chi connectivity index (χ2n) is 5.53. The van der Waals surface area contributed by atoms with E-state index in [0.29, 0.717) is 5.41 Å². The molecule has 1 aliphatic carbocycles. The lowest BCUT2D eigenvalue weighted by Gasteiger charge is -2.42. The zero-order valence-electron chi connectivity index (χ0n) is 10.9. The van der Waals surface area contributed by atoms with Crippen LogP contribution >= 0.6 is 0 Å². The van der Waals surface area contributed by atoms with Crippen molar-refractivity contribution < 1.29 is 0 Å². The summed E-state index contributed by atoms with van der Waals surface area (Å²) in [5.74, 6) is 0. The molecule has 0 aromatic heterocycles. The van der Waals surface area contributed by atoms with Crippen LogP contribution in [0.15, 0.2) is 30.3 Å². The van der Waals surface area contributed by atoms with Crippen LogP contribution in [0.25, 0.3) is 0 Å². The number of hydrogen-bond donors (Lipinski definition) is 1. The van der Waals surface area contributed by atoms with Gasteiger partial charge >= 0.3 is 0 Å². The molecule has 1 aromatic rings. The molecule has 0 atom stereocenters. The van der Waals surface area contributed by atoms with Gasteiger partial charge in [-0.15, -0.1) is 0 Å². The fraction of sp³-hybridized carbons (Fsp3) is 0.600. The van der Waals surface area contributed by atoms with E-state index in [0.717, 1.165) is 19.6 Å². The highest BCUT2D eigenvalue weighted by molar-refractivity contribution is 5.14. The third-order valence-corrected chi connectivity index (χ3v) is 4.17. The summed E-state index contributed by atoms with van der Waals surface area (Å²) in [5.41, 5.74) is 7.76. The minimum Gasteiger partial charge on any atom is -0.330 e. The molecule has 0 amide bonds. The normalized spacial score (nSPS) is 18.1. The van der Waals surface area contributed by atoms with Gasteiger partial charge in [-0.1, -0.05) is 36.8 Å². The van der Waals surface area contributed by atoms with Crippen LogP contribution in [-0.4, -0.2) is 25.0 Å². The van der Waals surface area contributed by atoms with Crippen molar-refractivity contribution in [2.24, 2.45) is 11.1 Å². The minimum atomic E-state index is 0.477. The van der Waals surface area contributed by atoms with E-state index < -0.39 is 0 Å². The van der Waals surface area contributed by atoms with Crippen molar-refractivity contribution in [3.8, 4) is 0 Å². The second-order valence-corrected chi connectivity index (χ2v) is 5.53. The molecule has 2 rings (SSSR count). The van der Waals surface area contributed by atoms with Gasteiger partial charge in [0.2, 0.25) is 0 Å². The van der Waals surface area contributed by atoms with E-state index >= 15 is 0 Å². The highest BCUT2D eigenvalue weighted by Crippen LogP contribution is 2.42. The Morgan fingerprint density at radius 3 is 2.47 bits per heavy atom. The van der Waals surface area contributed by atoms with E-state index in [1.807, 2.05) is 0 Å². The first-order valence-electron chi connectivity index (χ1n) is 6.67. The molecule has 1 aromatic carbocycles. The summed E-state index contributed by atoms with van der Waals surface area (Å²) in [4.78, 5) is 2.41. The van der Waals surface area contributed by atoms with Crippen molar-refractivity contribution in [2.45, 2.75) is 32.2 Å². The van der Waals surface area contributed by atoms with Crippen molar-refractivity contribution >= 4 is 0 Å². The van der Waals surface area contributed by atoms with E-state index in [9.17, 15) is 0 Å². The third kappa shape index (κ3) is 3.30. The van der Waals surface area contributed by atoms with Crippen molar-refractivity contribution in [2.75, 3.05) is 20.1 Å². The number of hydrogen-bond acceptors (Lipinski definition) is 2. The van der Waals surface area contributed by atoms with Crippen molar-refractivity contribution in [1.29, 1.82) is 0 Å².